The van der Waals surface area contributed by atoms with Crippen LogP contribution in [0.15, 0.2) is 12.7 Å². The molecule has 1 N–H and O–H groups in total. The summed E-state index contributed by atoms with van der Waals surface area (Å²) in [5.41, 5.74) is 0.460. The van der Waals surface area contributed by atoms with Crippen LogP contribution in [0.1, 0.15) is 19.8 Å². The Morgan fingerprint density at radius 3 is 2.87 bits per heavy atom. The fourth-order valence-electron chi connectivity index (χ4n) is 1.74. The van der Waals surface area contributed by atoms with Crippen LogP contribution in [0.3, 0.4) is 0 Å². The van der Waals surface area contributed by atoms with E-state index in [9.17, 15) is 0 Å². The number of rotatable bonds is 7. The maximum absolute atomic E-state index is 5.38. The minimum atomic E-state index is 0.460. The zero-order valence-electron chi connectivity index (χ0n) is 9.76. The molecule has 88 valence electrons. The van der Waals surface area contributed by atoms with Crippen molar-refractivity contribution >= 4 is 11.8 Å². The zero-order valence-corrected chi connectivity index (χ0v) is 10.6. The van der Waals surface area contributed by atoms with Gasteiger partial charge in [-0.15, -0.1) is 6.58 Å². The molecular formula is C12H23NOS. The molecule has 0 saturated carbocycles. The van der Waals surface area contributed by atoms with Crippen LogP contribution in [0.25, 0.3) is 0 Å². The van der Waals surface area contributed by atoms with Crippen LogP contribution in [0.2, 0.25) is 0 Å². The van der Waals surface area contributed by atoms with Gasteiger partial charge in [0.05, 0.1) is 0 Å². The summed E-state index contributed by atoms with van der Waals surface area (Å²) >= 11 is 1.93. The minimum Gasteiger partial charge on any atom is -0.381 e. The van der Waals surface area contributed by atoms with Crippen LogP contribution in [-0.2, 0) is 4.74 Å². The van der Waals surface area contributed by atoms with E-state index >= 15 is 0 Å². The molecule has 0 unspecified atom stereocenters. The van der Waals surface area contributed by atoms with Gasteiger partial charge in [0.1, 0.15) is 0 Å². The van der Waals surface area contributed by atoms with Gasteiger partial charge in [-0.1, -0.05) is 13.0 Å². The lowest BCUT2D eigenvalue weighted by molar-refractivity contribution is 0.0244. The van der Waals surface area contributed by atoms with Crippen molar-refractivity contribution in [2.24, 2.45) is 5.41 Å². The molecule has 1 rings (SSSR count). The predicted molar refractivity (Wildman–Crippen MR) is 68.6 cm³/mol. The Bertz CT molecular complexity index is 178. The Hall–Kier alpha value is 0.01000. The van der Waals surface area contributed by atoms with Gasteiger partial charge in [-0.05, 0) is 18.3 Å². The number of hydrogen-bond donors (Lipinski definition) is 1. The lowest BCUT2D eigenvalue weighted by Gasteiger charge is -2.33. The summed E-state index contributed by atoms with van der Waals surface area (Å²) in [6.45, 7) is 10.2. The highest BCUT2D eigenvalue weighted by atomic mass is 32.2. The first-order valence-electron chi connectivity index (χ1n) is 5.74. The Morgan fingerprint density at radius 2 is 2.20 bits per heavy atom. The van der Waals surface area contributed by atoms with E-state index in [-0.39, 0.29) is 0 Å². The summed E-state index contributed by atoms with van der Waals surface area (Å²) in [6, 6.07) is 0. The first-order valence-corrected chi connectivity index (χ1v) is 6.89. The normalized spacial score (nSPS) is 20.1. The van der Waals surface area contributed by atoms with Crippen molar-refractivity contribution in [2.45, 2.75) is 19.8 Å². The van der Waals surface area contributed by atoms with E-state index in [0.717, 1.165) is 32.1 Å². The molecule has 1 aliphatic heterocycles. The van der Waals surface area contributed by atoms with E-state index in [4.69, 9.17) is 4.74 Å². The Balaban J connectivity index is 2.00. The van der Waals surface area contributed by atoms with Crippen LogP contribution < -0.4 is 5.32 Å². The van der Waals surface area contributed by atoms with Gasteiger partial charge in [-0.25, -0.2) is 0 Å². The molecule has 0 aliphatic carbocycles. The monoisotopic (exact) mass is 229 g/mol. The smallest absolute Gasteiger partial charge is 0.0471 e. The fraction of sp³-hybridized carbons (Fsp3) is 0.833. The number of thioether (sulfide) groups is 1. The largest absolute Gasteiger partial charge is 0.381 e. The maximum Gasteiger partial charge on any atom is 0.0471 e. The average Bonchev–Trinajstić information content (AvgIpc) is 2.24. The summed E-state index contributed by atoms with van der Waals surface area (Å²) in [6.07, 6.45) is 4.35. The second-order valence-electron chi connectivity index (χ2n) is 4.46. The standard InChI is InChI=1S/C12H23NOS/c1-3-9-15-10-6-13-11-12(2)4-7-14-8-5-12/h3,13H,1,4-11H2,2H3. The maximum atomic E-state index is 5.38. The zero-order chi connectivity index (χ0) is 11.0. The van der Waals surface area contributed by atoms with Crippen molar-refractivity contribution in [3.8, 4) is 0 Å². The van der Waals surface area contributed by atoms with Crippen molar-refractivity contribution in [1.29, 1.82) is 0 Å². The highest BCUT2D eigenvalue weighted by Gasteiger charge is 2.26. The highest BCUT2D eigenvalue weighted by molar-refractivity contribution is 7.99. The molecule has 1 saturated heterocycles. The highest BCUT2D eigenvalue weighted by Crippen LogP contribution is 2.28. The summed E-state index contributed by atoms with van der Waals surface area (Å²) in [4.78, 5) is 0. The van der Waals surface area contributed by atoms with Crippen LogP contribution >= 0.6 is 11.8 Å². The molecule has 0 radical (unpaired) electrons. The topological polar surface area (TPSA) is 21.3 Å². The number of hydrogen-bond acceptors (Lipinski definition) is 3. The Morgan fingerprint density at radius 1 is 1.47 bits per heavy atom. The molecule has 0 bridgehead atoms. The molecular weight excluding hydrogens is 206 g/mol. The van der Waals surface area contributed by atoms with Gasteiger partial charge in [0.2, 0.25) is 0 Å². The SMILES string of the molecule is C=CCSCCNCC1(C)CCOCC1. The van der Waals surface area contributed by atoms with Crippen molar-refractivity contribution in [2.75, 3.05) is 37.8 Å². The molecule has 0 aromatic heterocycles. The molecule has 0 aromatic carbocycles. The number of ether oxygens (including phenoxy) is 1. The third-order valence-electron chi connectivity index (χ3n) is 2.91. The van der Waals surface area contributed by atoms with E-state index in [1.54, 1.807) is 0 Å². The molecule has 0 amide bonds. The lowest BCUT2D eigenvalue weighted by atomic mass is 9.82. The first-order chi connectivity index (χ1) is 7.27. The molecule has 3 heteroatoms. The van der Waals surface area contributed by atoms with Gasteiger partial charge in [0.15, 0.2) is 0 Å². The van der Waals surface area contributed by atoms with E-state index in [1.807, 2.05) is 17.8 Å². The summed E-state index contributed by atoms with van der Waals surface area (Å²) < 4.78 is 5.38. The quantitative estimate of drug-likeness (QED) is 0.535. The predicted octanol–water partition coefficient (Wildman–Crippen LogP) is 2.31. The van der Waals surface area contributed by atoms with E-state index in [1.165, 1.54) is 18.6 Å². The van der Waals surface area contributed by atoms with Crippen LogP contribution in [0, 0.1) is 5.41 Å². The van der Waals surface area contributed by atoms with Gasteiger partial charge in [0, 0.05) is 37.8 Å². The molecule has 1 aliphatic rings. The molecule has 0 aromatic rings. The van der Waals surface area contributed by atoms with Gasteiger partial charge in [-0.2, -0.15) is 11.8 Å². The van der Waals surface area contributed by atoms with Crippen molar-refractivity contribution in [1.82, 2.24) is 5.32 Å². The molecule has 1 fully saturated rings. The molecule has 0 atom stereocenters. The molecule has 15 heavy (non-hydrogen) atoms. The third-order valence-corrected chi connectivity index (χ3v) is 3.87. The summed E-state index contributed by atoms with van der Waals surface area (Å²) in [7, 11) is 0. The molecule has 2 nitrogen and oxygen atoms in total. The molecule has 0 spiro atoms. The lowest BCUT2D eigenvalue weighted by Crippen LogP contribution is -2.37. The number of nitrogens with one attached hydrogen (secondary N) is 1. The van der Waals surface area contributed by atoms with Crippen molar-refractivity contribution in [3.05, 3.63) is 12.7 Å². The minimum absolute atomic E-state index is 0.460. The van der Waals surface area contributed by atoms with Gasteiger partial charge < -0.3 is 10.1 Å². The fourth-order valence-corrected chi connectivity index (χ4v) is 2.36. The van der Waals surface area contributed by atoms with Gasteiger partial charge in [-0.3, -0.25) is 0 Å². The van der Waals surface area contributed by atoms with E-state index < -0.39 is 0 Å². The van der Waals surface area contributed by atoms with Crippen molar-refractivity contribution in [3.63, 3.8) is 0 Å². The van der Waals surface area contributed by atoms with Crippen LogP contribution in [-0.4, -0.2) is 37.8 Å². The summed E-state index contributed by atoms with van der Waals surface area (Å²) in [5.74, 6) is 2.24. The first kappa shape index (κ1) is 13.1. The van der Waals surface area contributed by atoms with Gasteiger partial charge in [0.25, 0.3) is 0 Å². The van der Waals surface area contributed by atoms with Crippen LogP contribution in [0.4, 0.5) is 0 Å². The average molecular weight is 229 g/mol. The van der Waals surface area contributed by atoms with E-state index in [0.29, 0.717) is 5.41 Å². The van der Waals surface area contributed by atoms with E-state index in [2.05, 4.69) is 18.8 Å². The Labute approximate surface area is 97.8 Å². The molecule has 1 heterocycles. The van der Waals surface area contributed by atoms with Gasteiger partial charge >= 0.3 is 0 Å². The van der Waals surface area contributed by atoms with Crippen molar-refractivity contribution < 1.29 is 4.74 Å². The second-order valence-corrected chi connectivity index (χ2v) is 5.61. The second kappa shape index (κ2) is 7.31. The third kappa shape index (κ3) is 5.59. The van der Waals surface area contributed by atoms with Crippen LogP contribution in [0.5, 0.6) is 0 Å². The summed E-state index contributed by atoms with van der Waals surface area (Å²) in [5, 5.41) is 3.54. The Kier molecular flexibility index (Phi) is 6.37.